The van der Waals surface area contributed by atoms with Crippen LogP contribution in [0.25, 0.3) is 0 Å². The molecule has 104 valence electrons. The molecule has 2 N–H and O–H groups in total. The summed E-state index contributed by atoms with van der Waals surface area (Å²) in [6.07, 6.45) is 0. The van der Waals surface area contributed by atoms with E-state index in [-0.39, 0.29) is 11.3 Å². The zero-order valence-corrected chi connectivity index (χ0v) is 12.0. The molecule has 0 spiro atoms. The first kappa shape index (κ1) is 13.7. The lowest BCUT2D eigenvalue weighted by Gasteiger charge is -2.38. The summed E-state index contributed by atoms with van der Waals surface area (Å²) in [5.74, 6) is 0.236. The van der Waals surface area contributed by atoms with Gasteiger partial charge in [0.2, 0.25) is 5.91 Å². The van der Waals surface area contributed by atoms with Gasteiger partial charge in [0.05, 0.1) is 0 Å². The molecule has 1 aliphatic rings. The Balaban J connectivity index is 1.98. The monoisotopic (exact) mass is 261 g/mol. The first-order valence-corrected chi connectivity index (χ1v) is 6.78. The standard InChI is InChI=1S/C15H23N3O/c1-15(2,3)14(19)18-9-7-17(8-10-18)13-6-4-5-12(16)11-13/h4-6,11H,7-10,16H2,1-3H3. The van der Waals surface area contributed by atoms with Crippen molar-refractivity contribution in [3.63, 3.8) is 0 Å². The molecule has 19 heavy (non-hydrogen) atoms. The average molecular weight is 261 g/mol. The molecule has 1 aliphatic heterocycles. The van der Waals surface area contributed by atoms with E-state index in [0.29, 0.717) is 0 Å². The molecule has 1 fully saturated rings. The van der Waals surface area contributed by atoms with Gasteiger partial charge in [-0.25, -0.2) is 0 Å². The Morgan fingerprint density at radius 2 is 1.79 bits per heavy atom. The quantitative estimate of drug-likeness (QED) is 0.786. The van der Waals surface area contributed by atoms with Crippen LogP contribution in [0.1, 0.15) is 20.8 Å². The van der Waals surface area contributed by atoms with Crippen LogP contribution < -0.4 is 10.6 Å². The minimum absolute atomic E-state index is 0.236. The molecular formula is C15H23N3O. The van der Waals surface area contributed by atoms with Gasteiger partial charge in [0.15, 0.2) is 0 Å². The number of rotatable bonds is 1. The van der Waals surface area contributed by atoms with Crippen molar-refractivity contribution in [2.24, 2.45) is 5.41 Å². The van der Waals surface area contributed by atoms with Crippen molar-refractivity contribution in [3.05, 3.63) is 24.3 Å². The molecule has 0 bridgehead atoms. The summed E-state index contributed by atoms with van der Waals surface area (Å²) in [7, 11) is 0. The second-order valence-corrected chi connectivity index (χ2v) is 6.12. The Morgan fingerprint density at radius 1 is 1.16 bits per heavy atom. The maximum atomic E-state index is 12.2. The van der Waals surface area contributed by atoms with Gasteiger partial charge in [-0.05, 0) is 18.2 Å². The van der Waals surface area contributed by atoms with Crippen LogP contribution in [-0.4, -0.2) is 37.0 Å². The van der Waals surface area contributed by atoms with Crippen molar-refractivity contribution in [2.75, 3.05) is 36.8 Å². The van der Waals surface area contributed by atoms with Crippen molar-refractivity contribution in [1.29, 1.82) is 0 Å². The van der Waals surface area contributed by atoms with Gasteiger partial charge in [0.25, 0.3) is 0 Å². The molecular weight excluding hydrogens is 238 g/mol. The van der Waals surface area contributed by atoms with Crippen LogP contribution in [0.4, 0.5) is 11.4 Å². The van der Waals surface area contributed by atoms with E-state index in [1.807, 2.05) is 43.9 Å². The number of nitrogens with zero attached hydrogens (tertiary/aromatic N) is 2. The number of hydrogen-bond donors (Lipinski definition) is 1. The van der Waals surface area contributed by atoms with Crippen LogP contribution in [0.3, 0.4) is 0 Å². The molecule has 0 aliphatic carbocycles. The number of hydrogen-bond acceptors (Lipinski definition) is 3. The van der Waals surface area contributed by atoms with Crippen molar-refractivity contribution in [1.82, 2.24) is 4.90 Å². The Hall–Kier alpha value is -1.71. The SMILES string of the molecule is CC(C)(C)C(=O)N1CCN(c2cccc(N)c2)CC1. The van der Waals surface area contributed by atoms with Gasteiger partial charge in [-0.1, -0.05) is 26.8 Å². The number of piperazine rings is 1. The molecule has 2 rings (SSSR count). The summed E-state index contributed by atoms with van der Waals surface area (Å²) in [5.41, 5.74) is 7.44. The summed E-state index contributed by atoms with van der Waals surface area (Å²) in [4.78, 5) is 16.4. The predicted octanol–water partition coefficient (Wildman–Crippen LogP) is 1.96. The molecule has 1 aromatic rings. The molecule has 1 saturated heterocycles. The second-order valence-electron chi connectivity index (χ2n) is 6.12. The third-order valence-corrected chi connectivity index (χ3v) is 3.44. The van der Waals surface area contributed by atoms with E-state index in [2.05, 4.69) is 11.0 Å². The number of anilines is 2. The maximum absolute atomic E-state index is 12.2. The first-order chi connectivity index (χ1) is 8.88. The van der Waals surface area contributed by atoms with E-state index in [1.54, 1.807) is 0 Å². The highest BCUT2D eigenvalue weighted by molar-refractivity contribution is 5.81. The van der Waals surface area contributed by atoms with E-state index in [1.165, 1.54) is 0 Å². The largest absolute Gasteiger partial charge is 0.399 e. The fourth-order valence-electron chi connectivity index (χ4n) is 2.36. The lowest BCUT2D eigenvalue weighted by molar-refractivity contribution is -0.139. The molecule has 0 atom stereocenters. The number of benzene rings is 1. The van der Waals surface area contributed by atoms with E-state index < -0.39 is 0 Å². The number of amides is 1. The number of carbonyl (C=O) groups is 1. The van der Waals surface area contributed by atoms with Crippen LogP contribution in [-0.2, 0) is 4.79 Å². The normalized spacial score (nSPS) is 16.6. The average Bonchev–Trinajstić information content (AvgIpc) is 2.37. The van der Waals surface area contributed by atoms with Crippen LogP contribution >= 0.6 is 0 Å². The minimum Gasteiger partial charge on any atom is -0.399 e. The van der Waals surface area contributed by atoms with Gasteiger partial charge in [0, 0.05) is 43.0 Å². The zero-order chi connectivity index (χ0) is 14.0. The fourth-order valence-corrected chi connectivity index (χ4v) is 2.36. The topological polar surface area (TPSA) is 49.6 Å². The van der Waals surface area contributed by atoms with Crippen LogP contribution in [0.5, 0.6) is 0 Å². The first-order valence-electron chi connectivity index (χ1n) is 6.78. The van der Waals surface area contributed by atoms with Crippen molar-refractivity contribution < 1.29 is 4.79 Å². The molecule has 1 heterocycles. The molecule has 0 saturated carbocycles. The highest BCUT2D eigenvalue weighted by atomic mass is 16.2. The molecule has 4 nitrogen and oxygen atoms in total. The van der Waals surface area contributed by atoms with E-state index >= 15 is 0 Å². The van der Waals surface area contributed by atoms with Gasteiger partial charge in [0.1, 0.15) is 0 Å². The molecule has 1 amide bonds. The van der Waals surface area contributed by atoms with E-state index in [9.17, 15) is 4.79 Å². The third kappa shape index (κ3) is 3.19. The summed E-state index contributed by atoms with van der Waals surface area (Å²) in [5, 5.41) is 0. The highest BCUT2D eigenvalue weighted by Crippen LogP contribution is 2.22. The molecule has 0 unspecified atom stereocenters. The third-order valence-electron chi connectivity index (χ3n) is 3.44. The smallest absolute Gasteiger partial charge is 0.228 e. The summed E-state index contributed by atoms with van der Waals surface area (Å²) in [6, 6.07) is 7.92. The number of nitrogen functional groups attached to an aromatic ring is 1. The summed E-state index contributed by atoms with van der Waals surface area (Å²) in [6.45, 7) is 9.21. The molecule has 0 aromatic heterocycles. The second kappa shape index (κ2) is 5.11. The fraction of sp³-hybridized carbons (Fsp3) is 0.533. The Kier molecular flexibility index (Phi) is 3.69. The summed E-state index contributed by atoms with van der Waals surface area (Å²) >= 11 is 0. The van der Waals surface area contributed by atoms with Crippen molar-refractivity contribution >= 4 is 17.3 Å². The van der Waals surface area contributed by atoms with E-state index in [0.717, 1.165) is 37.6 Å². The van der Waals surface area contributed by atoms with Gasteiger partial charge in [-0.3, -0.25) is 4.79 Å². The maximum Gasteiger partial charge on any atom is 0.228 e. The van der Waals surface area contributed by atoms with Crippen LogP contribution in [0.2, 0.25) is 0 Å². The summed E-state index contributed by atoms with van der Waals surface area (Å²) < 4.78 is 0. The van der Waals surface area contributed by atoms with Crippen molar-refractivity contribution in [3.8, 4) is 0 Å². The van der Waals surface area contributed by atoms with Crippen molar-refractivity contribution in [2.45, 2.75) is 20.8 Å². The molecule has 0 radical (unpaired) electrons. The van der Waals surface area contributed by atoms with Gasteiger partial charge >= 0.3 is 0 Å². The van der Waals surface area contributed by atoms with Crippen LogP contribution in [0.15, 0.2) is 24.3 Å². The van der Waals surface area contributed by atoms with Gasteiger partial charge in [-0.2, -0.15) is 0 Å². The zero-order valence-electron chi connectivity index (χ0n) is 12.0. The Bertz CT molecular complexity index is 457. The lowest BCUT2D eigenvalue weighted by Crippen LogP contribution is -2.51. The number of nitrogens with two attached hydrogens (primary N) is 1. The van der Waals surface area contributed by atoms with Gasteiger partial charge in [-0.15, -0.1) is 0 Å². The van der Waals surface area contributed by atoms with E-state index in [4.69, 9.17) is 5.73 Å². The number of carbonyl (C=O) groups excluding carboxylic acids is 1. The minimum atomic E-state index is -0.292. The Labute approximate surface area is 115 Å². The Morgan fingerprint density at radius 3 is 2.32 bits per heavy atom. The highest BCUT2D eigenvalue weighted by Gasteiger charge is 2.29. The lowest BCUT2D eigenvalue weighted by atomic mass is 9.94. The van der Waals surface area contributed by atoms with Gasteiger partial charge < -0.3 is 15.5 Å². The molecule has 1 aromatic carbocycles. The van der Waals surface area contributed by atoms with Crippen LogP contribution in [0, 0.1) is 5.41 Å². The molecule has 4 heteroatoms. The predicted molar refractivity (Wildman–Crippen MR) is 79.1 cm³/mol.